The van der Waals surface area contributed by atoms with E-state index in [1.807, 2.05) is 13.8 Å². The molecule has 0 rings (SSSR count). The van der Waals surface area contributed by atoms with E-state index in [-0.39, 0.29) is 5.60 Å². The second-order valence-electron chi connectivity index (χ2n) is 3.78. The molecule has 0 aromatic rings. The maximum absolute atomic E-state index is 8.41. The van der Waals surface area contributed by atoms with Crippen LogP contribution in [0.4, 0.5) is 0 Å². The molecular formula is C8H18O2. The van der Waals surface area contributed by atoms with Gasteiger partial charge >= 0.3 is 0 Å². The Balaban J connectivity index is 3.46. The summed E-state index contributed by atoms with van der Waals surface area (Å²) >= 11 is 0. The second-order valence-corrected chi connectivity index (χ2v) is 3.78. The molecule has 0 heterocycles. The minimum atomic E-state index is -0.371. The van der Waals surface area contributed by atoms with Crippen LogP contribution in [0.1, 0.15) is 40.5 Å². The van der Waals surface area contributed by atoms with Crippen LogP contribution >= 0.6 is 0 Å². The minimum absolute atomic E-state index is 0.371. The molecule has 10 heavy (non-hydrogen) atoms. The molecule has 0 amide bonds. The summed E-state index contributed by atoms with van der Waals surface area (Å²) in [6, 6.07) is 0. The van der Waals surface area contributed by atoms with Crippen LogP contribution in [0.5, 0.6) is 0 Å². The van der Waals surface area contributed by atoms with Gasteiger partial charge in [0.05, 0.1) is 5.60 Å². The zero-order valence-corrected chi connectivity index (χ0v) is 7.35. The van der Waals surface area contributed by atoms with E-state index < -0.39 is 0 Å². The van der Waals surface area contributed by atoms with Gasteiger partial charge in [0, 0.05) is 0 Å². The summed E-state index contributed by atoms with van der Waals surface area (Å²) in [5.41, 5.74) is -0.371. The Hall–Kier alpha value is -0.0800. The molecule has 0 spiro atoms. The van der Waals surface area contributed by atoms with Crippen molar-refractivity contribution in [2.24, 2.45) is 5.92 Å². The number of hydrogen-bond acceptors (Lipinski definition) is 2. The van der Waals surface area contributed by atoms with Crippen LogP contribution in [0.15, 0.2) is 0 Å². The lowest BCUT2D eigenvalue weighted by molar-refractivity contribution is -0.314. The quantitative estimate of drug-likeness (QED) is 0.488. The molecule has 0 aliphatic rings. The summed E-state index contributed by atoms with van der Waals surface area (Å²) in [5, 5.41) is 8.41. The fourth-order valence-corrected chi connectivity index (χ4v) is 0.682. The van der Waals surface area contributed by atoms with Crippen LogP contribution < -0.4 is 0 Å². The number of rotatable bonds is 4. The van der Waals surface area contributed by atoms with Gasteiger partial charge in [0.15, 0.2) is 0 Å². The minimum Gasteiger partial charge on any atom is -0.251 e. The molecule has 0 aliphatic heterocycles. The molecule has 0 atom stereocenters. The summed E-state index contributed by atoms with van der Waals surface area (Å²) in [4.78, 5) is 4.29. The normalized spacial score (nSPS) is 12.6. The summed E-state index contributed by atoms with van der Waals surface area (Å²) in [7, 11) is 0. The van der Waals surface area contributed by atoms with Gasteiger partial charge < -0.3 is 0 Å². The van der Waals surface area contributed by atoms with Crippen molar-refractivity contribution in [3.63, 3.8) is 0 Å². The first kappa shape index (κ1) is 9.92. The fourth-order valence-electron chi connectivity index (χ4n) is 0.682. The topological polar surface area (TPSA) is 29.5 Å². The highest BCUT2D eigenvalue weighted by Crippen LogP contribution is 2.18. The zero-order chi connectivity index (χ0) is 8.20. The average Bonchev–Trinajstić information content (AvgIpc) is 1.85. The fraction of sp³-hybridized carbons (Fsp3) is 1.00. The molecule has 0 saturated carbocycles. The smallest absolute Gasteiger partial charge is 0.0977 e. The molecule has 0 aromatic carbocycles. The summed E-state index contributed by atoms with van der Waals surface area (Å²) in [6.45, 7) is 8.09. The molecule has 2 nitrogen and oxygen atoms in total. The molecule has 0 unspecified atom stereocenters. The van der Waals surface area contributed by atoms with Crippen molar-refractivity contribution in [3.8, 4) is 0 Å². The first-order valence-corrected chi connectivity index (χ1v) is 3.80. The highest BCUT2D eigenvalue weighted by Gasteiger charge is 2.18. The summed E-state index contributed by atoms with van der Waals surface area (Å²) < 4.78 is 0. The van der Waals surface area contributed by atoms with Crippen molar-refractivity contribution in [1.29, 1.82) is 0 Å². The number of hydrogen-bond donors (Lipinski definition) is 1. The molecule has 1 N–H and O–H groups in total. The molecule has 2 heteroatoms. The predicted molar refractivity (Wildman–Crippen MR) is 41.9 cm³/mol. The highest BCUT2D eigenvalue weighted by molar-refractivity contribution is 4.66. The molecule has 0 fully saturated rings. The van der Waals surface area contributed by atoms with Gasteiger partial charge in [-0.05, 0) is 32.6 Å². The van der Waals surface area contributed by atoms with Crippen molar-refractivity contribution >= 4 is 0 Å². The van der Waals surface area contributed by atoms with Crippen molar-refractivity contribution in [2.75, 3.05) is 0 Å². The van der Waals surface area contributed by atoms with E-state index in [9.17, 15) is 0 Å². The largest absolute Gasteiger partial charge is 0.251 e. The first-order chi connectivity index (χ1) is 4.48. The van der Waals surface area contributed by atoms with Gasteiger partial charge in [-0.2, -0.15) is 0 Å². The van der Waals surface area contributed by atoms with E-state index in [2.05, 4.69) is 18.7 Å². The van der Waals surface area contributed by atoms with Crippen molar-refractivity contribution in [1.82, 2.24) is 0 Å². The van der Waals surface area contributed by atoms with E-state index >= 15 is 0 Å². The SMILES string of the molecule is CC(C)CCC(C)(C)OO. The van der Waals surface area contributed by atoms with Crippen molar-refractivity contribution in [2.45, 2.75) is 46.1 Å². The Bertz CT molecular complexity index is 87.3. The van der Waals surface area contributed by atoms with Crippen molar-refractivity contribution < 1.29 is 10.1 Å². The maximum atomic E-state index is 8.41. The second kappa shape index (κ2) is 3.94. The standard InChI is InChI=1S/C8H18O2/c1-7(2)5-6-8(3,4)10-9/h7,9H,5-6H2,1-4H3. The van der Waals surface area contributed by atoms with E-state index in [4.69, 9.17) is 5.26 Å². The van der Waals surface area contributed by atoms with Crippen LogP contribution in [0.3, 0.4) is 0 Å². The van der Waals surface area contributed by atoms with Crippen LogP contribution in [-0.4, -0.2) is 10.9 Å². The van der Waals surface area contributed by atoms with E-state index in [0.717, 1.165) is 12.8 Å². The van der Waals surface area contributed by atoms with Crippen LogP contribution in [0.2, 0.25) is 0 Å². The van der Waals surface area contributed by atoms with Gasteiger partial charge in [-0.25, -0.2) is 4.89 Å². The third-order valence-corrected chi connectivity index (χ3v) is 1.57. The van der Waals surface area contributed by atoms with Gasteiger partial charge in [-0.3, -0.25) is 5.26 Å². The van der Waals surface area contributed by atoms with Gasteiger partial charge in [0.2, 0.25) is 0 Å². The molecule has 0 saturated heterocycles. The Morgan fingerprint density at radius 3 is 2.20 bits per heavy atom. The molecule has 62 valence electrons. The highest BCUT2D eigenvalue weighted by atomic mass is 17.1. The Morgan fingerprint density at radius 2 is 1.90 bits per heavy atom. The molecule has 0 bridgehead atoms. The molecular weight excluding hydrogens is 128 g/mol. The Morgan fingerprint density at radius 1 is 1.40 bits per heavy atom. The summed E-state index contributed by atoms with van der Waals surface area (Å²) in [5.74, 6) is 0.675. The van der Waals surface area contributed by atoms with Crippen LogP contribution in [-0.2, 0) is 4.89 Å². The molecule has 0 radical (unpaired) electrons. The van der Waals surface area contributed by atoms with Crippen LogP contribution in [0, 0.1) is 5.92 Å². The monoisotopic (exact) mass is 146 g/mol. The lowest BCUT2D eigenvalue weighted by Crippen LogP contribution is -2.22. The molecule has 0 aromatic heterocycles. The lowest BCUT2D eigenvalue weighted by Gasteiger charge is -2.20. The Kier molecular flexibility index (Phi) is 3.91. The van der Waals surface area contributed by atoms with Crippen molar-refractivity contribution in [3.05, 3.63) is 0 Å². The van der Waals surface area contributed by atoms with E-state index in [1.54, 1.807) is 0 Å². The van der Waals surface area contributed by atoms with Gasteiger partial charge in [-0.15, -0.1) is 0 Å². The zero-order valence-electron chi connectivity index (χ0n) is 7.35. The van der Waals surface area contributed by atoms with Crippen LogP contribution in [0.25, 0.3) is 0 Å². The maximum Gasteiger partial charge on any atom is 0.0977 e. The summed E-state index contributed by atoms with van der Waals surface area (Å²) in [6.07, 6.45) is 1.99. The third-order valence-electron chi connectivity index (χ3n) is 1.57. The average molecular weight is 146 g/mol. The third kappa shape index (κ3) is 4.77. The van der Waals surface area contributed by atoms with Gasteiger partial charge in [0.1, 0.15) is 0 Å². The van der Waals surface area contributed by atoms with E-state index in [1.165, 1.54) is 0 Å². The van der Waals surface area contributed by atoms with E-state index in [0.29, 0.717) is 5.92 Å². The van der Waals surface area contributed by atoms with Gasteiger partial charge in [0.25, 0.3) is 0 Å². The lowest BCUT2D eigenvalue weighted by atomic mass is 9.97. The predicted octanol–water partition coefficient (Wildman–Crippen LogP) is 2.69. The molecule has 0 aliphatic carbocycles. The first-order valence-electron chi connectivity index (χ1n) is 3.80. The Labute approximate surface area is 63.1 Å². The van der Waals surface area contributed by atoms with Gasteiger partial charge in [-0.1, -0.05) is 13.8 Å².